The zero-order chi connectivity index (χ0) is 15.5. The van der Waals surface area contributed by atoms with Crippen molar-refractivity contribution in [2.24, 2.45) is 0 Å². The maximum atomic E-state index is 12.3. The Morgan fingerprint density at radius 2 is 2.23 bits per heavy atom. The Labute approximate surface area is 129 Å². The summed E-state index contributed by atoms with van der Waals surface area (Å²) in [5, 5.41) is 3.96. The van der Waals surface area contributed by atoms with Crippen molar-refractivity contribution in [3.05, 3.63) is 46.8 Å². The summed E-state index contributed by atoms with van der Waals surface area (Å²) < 4.78 is 11.0. The van der Waals surface area contributed by atoms with Gasteiger partial charge in [0.25, 0.3) is 5.91 Å². The molecule has 1 aliphatic rings. The van der Waals surface area contributed by atoms with Crippen molar-refractivity contribution in [2.75, 3.05) is 13.2 Å². The van der Waals surface area contributed by atoms with Gasteiger partial charge in [0, 0.05) is 12.1 Å². The minimum Gasteiger partial charge on any atom is -0.483 e. The van der Waals surface area contributed by atoms with Crippen LogP contribution in [0.25, 0.3) is 0 Å². The first kappa shape index (κ1) is 14.6. The molecule has 22 heavy (non-hydrogen) atoms. The van der Waals surface area contributed by atoms with E-state index in [4.69, 9.17) is 9.26 Å². The Kier molecular flexibility index (Phi) is 4.13. The van der Waals surface area contributed by atoms with Crippen LogP contribution in [-0.4, -0.2) is 29.1 Å². The number of amides is 1. The molecular formula is C17H20N2O3. The van der Waals surface area contributed by atoms with E-state index in [-0.39, 0.29) is 12.5 Å². The van der Waals surface area contributed by atoms with E-state index in [0.717, 1.165) is 41.2 Å². The molecular weight excluding hydrogens is 280 g/mol. The number of aromatic nitrogens is 1. The largest absolute Gasteiger partial charge is 0.483 e. The minimum absolute atomic E-state index is 0.0226. The zero-order valence-electron chi connectivity index (χ0n) is 13.0. The Hall–Kier alpha value is -2.30. The Morgan fingerprint density at radius 1 is 1.41 bits per heavy atom. The highest BCUT2D eigenvalue weighted by Gasteiger charge is 2.25. The van der Waals surface area contributed by atoms with Crippen LogP contribution in [-0.2, 0) is 24.2 Å². The molecule has 0 unspecified atom stereocenters. The SMILES string of the molecule is CCc1ccccc1OCC(=O)N1CCc2c(C)noc2C1. The van der Waals surface area contributed by atoms with Gasteiger partial charge in [-0.05, 0) is 31.4 Å². The van der Waals surface area contributed by atoms with Crippen LogP contribution >= 0.6 is 0 Å². The van der Waals surface area contributed by atoms with Gasteiger partial charge in [-0.2, -0.15) is 0 Å². The van der Waals surface area contributed by atoms with Gasteiger partial charge in [-0.3, -0.25) is 4.79 Å². The quantitative estimate of drug-likeness (QED) is 0.870. The summed E-state index contributed by atoms with van der Waals surface area (Å²) in [7, 11) is 0. The predicted molar refractivity (Wildman–Crippen MR) is 81.7 cm³/mol. The Bertz CT molecular complexity index is 678. The van der Waals surface area contributed by atoms with Gasteiger partial charge in [0.05, 0.1) is 12.2 Å². The van der Waals surface area contributed by atoms with Crippen LogP contribution in [0.1, 0.15) is 29.5 Å². The maximum Gasteiger partial charge on any atom is 0.260 e. The van der Waals surface area contributed by atoms with Gasteiger partial charge in [0.2, 0.25) is 0 Å². The van der Waals surface area contributed by atoms with Gasteiger partial charge in [0.15, 0.2) is 12.4 Å². The first-order chi connectivity index (χ1) is 10.7. The Morgan fingerprint density at radius 3 is 3.05 bits per heavy atom. The first-order valence-corrected chi connectivity index (χ1v) is 7.61. The van der Waals surface area contributed by atoms with E-state index in [0.29, 0.717) is 13.1 Å². The Balaban J connectivity index is 1.61. The van der Waals surface area contributed by atoms with Crippen molar-refractivity contribution in [3.8, 4) is 5.75 Å². The number of rotatable bonds is 4. The molecule has 2 heterocycles. The molecule has 1 aliphatic heterocycles. The summed E-state index contributed by atoms with van der Waals surface area (Å²) in [6.45, 7) is 5.23. The molecule has 0 spiro atoms. The van der Waals surface area contributed by atoms with E-state index in [1.807, 2.05) is 31.2 Å². The van der Waals surface area contributed by atoms with E-state index in [1.54, 1.807) is 4.90 Å². The number of hydrogen-bond acceptors (Lipinski definition) is 4. The molecule has 5 nitrogen and oxygen atoms in total. The summed E-state index contributed by atoms with van der Waals surface area (Å²) in [5.74, 6) is 1.56. The fourth-order valence-electron chi connectivity index (χ4n) is 2.76. The number of ether oxygens (including phenoxy) is 1. The lowest BCUT2D eigenvalue weighted by Crippen LogP contribution is -2.38. The van der Waals surface area contributed by atoms with Crippen molar-refractivity contribution in [1.82, 2.24) is 10.1 Å². The highest BCUT2D eigenvalue weighted by atomic mass is 16.5. The lowest BCUT2D eigenvalue weighted by molar-refractivity contribution is -0.134. The maximum absolute atomic E-state index is 12.3. The molecule has 116 valence electrons. The van der Waals surface area contributed by atoms with E-state index >= 15 is 0 Å². The highest BCUT2D eigenvalue weighted by molar-refractivity contribution is 5.78. The smallest absolute Gasteiger partial charge is 0.260 e. The first-order valence-electron chi connectivity index (χ1n) is 7.61. The van der Waals surface area contributed by atoms with Crippen LogP contribution in [0, 0.1) is 6.92 Å². The summed E-state index contributed by atoms with van der Waals surface area (Å²) in [4.78, 5) is 14.1. The number of hydrogen-bond donors (Lipinski definition) is 0. The van der Waals surface area contributed by atoms with Crippen LogP contribution in [0.4, 0.5) is 0 Å². The molecule has 0 N–H and O–H groups in total. The highest BCUT2D eigenvalue weighted by Crippen LogP contribution is 2.22. The van der Waals surface area contributed by atoms with Crippen LogP contribution in [0.5, 0.6) is 5.75 Å². The van der Waals surface area contributed by atoms with Crippen LogP contribution < -0.4 is 4.74 Å². The fraction of sp³-hybridized carbons (Fsp3) is 0.412. The van der Waals surface area contributed by atoms with E-state index in [1.165, 1.54) is 0 Å². The van der Waals surface area contributed by atoms with Gasteiger partial charge in [0.1, 0.15) is 5.75 Å². The fourth-order valence-corrected chi connectivity index (χ4v) is 2.76. The normalized spacial score (nSPS) is 13.8. The number of fused-ring (bicyclic) bond motifs is 1. The lowest BCUT2D eigenvalue weighted by Gasteiger charge is -2.25. The van der Waals surface area contributed by atoms with Crippen molar-refractivity contribution in [3.63, 3.8) is 0 Å². The third kappa shape index (κ3) is 2.84. The minimum atomic E-state index is -0.0226. The summed E-state index contributed by atoms with van der Waals surface area (Å²) in [6.07, 6.45) is 1.68. The third-order valence-corrected chi connectivity index (χ3v) is 4.09. The number of nitrogens with zero attached hydrogens (tertiary/aromatic N) is 2. The molecule has 0 bridgehead atoms. The van der Waals surface area contributed by atoms with Crippen molar-refractivity contribution < 1.29 is 14.1 Å². The number of carbonyl (C=O) groups excluding carboxylic acids is 1. The molecule has 3 rings (SSSR count). The van der Waals surface area contributed by atoms with E-state index < -0.39 is 0 Å². The molecule has 0 radical (unpaired) electrons. The molecule has 0 saturated carbocycles. The van der Waals surface area contributed by atoms with Crippen molar-refractivity contribution in [2.45, 2.75) is 33.2 Å². The summed E-state index contributed by atoms with van der Waals surface area (Å²) in [5.41, 5.74) is 3.18. The van der Waals surface area contributed by atoms with Crippen LogP contribution in [0.3, 0.4) is 0 Å². The molecule has 5 heteroatoms. The van der Waals surface area contributed by atoms with Gasteiger partial charge in [-0.25, -0.2) is 0 Å². The average molecular weight is 300 g/mol. The average Bonchev–Trinajstić information content (AvgIpc) is 2.93. The number of aryl methyl sites for hydroxylation is 2. The number of para-hydroxylation sites is 1. The van der Waals surface area contributed by atoms with Crippen LogP contribution in [0.2, 0.25) is 0 Å². The van der Waals surface area contributed by atoms with Gasteiger partial charge in [-0.1, -0.05) is 30.3 Å². The number of carbonyl (C=O) groups is 1. The predicted octanol–water partition coefficient (Wildman–Crippen LogP) is 2.51. The molecule has 0 aliphatic carbocycles. The summed E-state index contributed by atoms with van der Waals surface area (Å²) >= 11 is 0. The monoisotopic (exact) mass is 300 g/mol. The van der Waals surface area contributed by atoms with Crippen molar-refractivity contribution >= 4 is 5.91 Å². The second-order valence-electron chi connectivity index (χ2n) is 5.48. The zero-order valence-corrected chi connectivity index (χ0v) is 13.0. The van der Waals surface area contributed by atoms with Crippen molar-refractivity contribution in [1.29, 1.82) is 0 Å². The standard InChI is InChI=1S/C17H20N2O3/c1-3-13-6-4-5-7-15(13)21-11-17(20)19-9-8-14-12(2)18-22-16(14)10-19/h4-7H,3,8-11H2,1-2H3. The molecule has 1 amide bonds. The lowest BCUT2D eigenvalue weighted by atomic mass is 10.1. The van der Waals surface area contributed by atoms with E-state index in [2.05, 4.69) is 12.1 Å². The molecule has 0 atom stereocenters. The molecule has 0 saturated heterocycles. The second kappa shape index (κ2) is 6.22. The third-order valence-electron chi connectivity index (χ3n) is 4.09. The second-order valence-corrected chi connectivity index (χ2v) is 5.48. The van der Waals surface area contributed by atoms with Crippen LogP contribution in [0.15, 0.2) is 28.8 Å². The van der Waals surface area contributed by atoms with Gasteiger partial charge in [-0.15, -0.1) is 0 Å². The van der Waals surface area contributed by atoms with Gasteiger partial charge >= 0.3 is 0 Å². The molecule has 1 aromatic carbocycles. The molecule has 0 fully saturated rings. The van der Waals surface area contributed by atoms with E-state index in [9.17, 15) is 4.79 Å². The summed E-state index contributed by atoms with van der Waals surface area (Å²) in [6, 6.07) is 7.82. The topological polar surface area (TPSA) is 55.6 Å². The van der Waals surface area contributed by atoms with Gasteiger partial charge < -0.3 is 14.2 Å². The number of benzene rings is 1. The molecule has 2 aromatic rings. The molecule has 1 aromatic heterocycles.